The molecular weight excluding hydrogens is 198 g/mol. The van der Waals surface area contributed by atoms with E-state index in [1.807, 2.05) is 6.92 Å². The highest BCUT2D eigenvalue weighted by molar-refractivity contribution is 5.74. The minimum absolute atomic E-state index is 0.0448. The number of esters is 1. The Labute approximate surface area is 89.0 Å². The van der Waals surface area contributed by atoms with Gasteiger partial charge in [-0.15, -0.1) is 0 Å². The summed E-state index contributed by atoms with van der Waals surface area (Å²) in [5, 5.41) is 8.99. The standard InChI is InChI=1S/C10H17NO4/c1-3-8-5-4-7(9(12)15-2)6-11(8)10(13)14/h7-8H,3-6H2,1-2H3,(H,13,14). The van der Waals surface area contributed by atoms with Gasteiger partial charge in [0, 0.05) is 12.6 Å². The van der Waals surface area contributed by atoms with Crippen molar-refractivity contribution in [3.8, 4) is 0 Å². The largest absolute Gasteiger partial charge is 0.469 e. The van der Waals surface area contributed by atoms with Crippen LogP contribution in [0.2, 0.25) is 0 Å². The second-order valence-electron chi connectivity index (χ2n) is 3.79. The number of hydrogen-bond donors (Lipinski definition) is 1. The summed E-state index contributed by atoms with van der Waals surface area (Å²) in [6.07, 6.45) is 1.30. The number of nitrogens with zero attached hydrogens (tertiary/aromatic N) is 1. The van der Waals surface area contributed by atoms with E-state index < -0.39 is 6.09 Å². The number of carboxylic acid groups (broad SMARTS) is 1. The lowest BCUT2D eigenvalue weighted by molar-refractivity contribution is -0.147. The van der Waals surface area contributed by atoms with Crippen molar-refractivity contribution in [2.24, 2.45) is 5.92 Å². The quantitative estimate of drug-likeness (QED) is 0.705. The van der Waals surface area contributed by atoms with E-state index in [0.29, 0.717) is 0 Å². The summed E-state index contributed by atoms with van der Waals surface area (Å²) in [7, 11) is 1.33. The molecule has 5 heteroatoms. The fourth-order valence-corrected chi connectivity index (χ4v) is 2.05. The summed E-state index contributed by atoms with van der Waals surface area (Å²) in [6, 6.07) is 0.0448. The monoisotopic (exact) mass is 215 g/mol. The Hall–Kier alpha value is -1.26. The molecule has 0 radical (unpaired) electrons. The van der Waals surface area contributed by atoms with Gasteiger partial charge in [0.05, 0.1) is 13.0 Å². The number of carbonyl (C=O) groups is 2. The van der Waals surface area contributed by atoms with Crippen LogP contribution >= 0.6 is 0 Å². The Kier molecular flexibility index (Phi) is 3.94. The van der Waals surface area contributed by atoms with E-state index in [0.717, 1.165) is 19.3 Å². The van der Waals surface area contributed by atoms with Crippen LogP contribution in [0, 0.1) is 5.92 Å². The van der Waals surface area contributed by atoms with E-state index in [2.05, 4.69) is 4.74 Å². The first kappa shape index (κ1) is 11.8. The molecule has 1 amide bonds. The van der Waals surface area contributed by atoms with Crippen LogP contribution < -0.4 is 0 Å². The SMILES string of the molecule is CCC1CCC(C(=O)OC)CN1C(=O)O. The summed E-state index contributed by atoms with van der Waals surface area (Å²) in [5.74, 6) is -0.607. The summed E-state index contributed by atoms with van der Waals surface area (Å²) in [4.78, 5) is 23.6. The van der Waals surface area contributed by atoms with Gasteiger partial charge < -0.3 is 14.7 Å². The van der Waals surface area contributed by atoms with E-state index in [9.17, 15) is 9.59 Å². The Morgan fingerprint density at radius 1 is 1.47 bits per heavy atom. The number of rotatable bonds is 2. The van der Waals surface area contributed by atoms with Gasteiger partial charge in [-0.3, -0.25) is 4.79 Å². The molecule has 1 fully saturated rings. The van der Waals surface area contributed by atoms with Gasteiger partial charge in [-0.1, -0.05) is 6.92 Å². The highest BCUT2D eigenvalue weighted by Gasteiger charge is 2.34. The molecule has 5 nitrogen and oxygen atoms in total. The van der Waals surface area contributed by atoms with Crippen LogP contribution in [0.5, 0.6) is 0 Å². The Balaban J connectivity index is 2.65. The maximum atomic E-state index is 11.3. The van der Waals surface area contributed by atoms with Crippen LogP contribution in [-0.2, 0) is 9.53 Å². The molecule has 0 bridgehead atoms. The van der Waals surface area contributed by atoms with Gasteiger partial charge in [-0.25, -0.2) is 4.79 Å². The molecule has 1 aliphatic heterocycles. The zero-order chi connectivity index (χ0) is 11.4. The van der Waals surface area contributed by atoms with Crippen molar-refractivity contribution in [1.29, 1.82) is 0 Å². The Bertz CT molecular complexity index is 254. The van der Waals surface area contributed by atoms with Crippen LogP contribution in [0.15, 0.2) is 0 Å². The van der Waals surface area contributed by atoms with E-state index in [-0.39, 0.29) is 24.5 Å². The third-order valence-corrected chi connectivity index (χ3v) is 2.96. The molecule has 0 aromatic carbocycles. The van der Waals surface area contributed by atoms with Crippen molar-refractivity contribution < 1.29 is 19.4 Å². The molecule has 2 atom stereocenters. The summed E-state index contributed by atoms with van der Waals surface area (Å²) in [6.45, 7) is 2.22. The lowest BCUT2D eigenvalue weighted by Gasteiger charge is -2.36. The topological polar surface area (TPSA) is 66.8 Å². The van der Waals surface area contributed by atoms with E-state index in [1.165, 1.54) is 12.0 Å². The molecule has 0 saturated carbocycles. The molecule has 1 aliphatic rings. The van der Waals surface area contributed by atoms with Crippen molar-refractivity contribution in [3.63, 3.8) is 0 Å². The minimum atomic E-state index is -0.949. The average Bonchev–Trinajstić information content (AvgIpc) is 2.27. The zero-order valence-corrected chi connectivity index (χ0v) is 9.10. The van der Waals surface area contributed by atoms with Crippen LogP contribution in [0.25, 0.3) is 0 Å². The zero-order valence-electron chi connectivity index (χ0n) is 9.10. The smallest absolute Gasteiger partial charge is 0.407 e. The number of hydrogen-bond acceptors (Lipinski definition) is 3. The molecule has 0 aromatic rings. The number of methoxy groups -OCH3 is 1. The lowest BCUT2D eigenvalue weighted by atomic mass is 9.92. The normalized spacial score (nSPS) is 26.1. The first-order chi connectivity index (χ1) is 7.10. The molecule has 2 unspecified atom stereocenters. The minimum Gasteiger partial charge on any atom is -0.469 e. The number of carbonyl (C=O) groups excluding carboxylic acids is 1. The van der Waals surface area contributed by atoms with Crippen molar-refractivity contribution in [2.45, 2.75) is 32.2 Å². The maximum absolute atomic E-state index is 11.3. The predicted octanol–water partition coefficient (Wildman–Crippen LogP) is 1.33. The highest BCUT2D eigenvalue weighted by Crippen LogP contribution is 2.24. The fourth-order valence-electron chi connectivity index (χ4n) is 2.05. The summed E-state index contributed by atoms with van der Waals surface area (Å²) in [5.41, 5.74) is 0. The van der Waals surface area contributed by atoms with Crippen LogP contribution in [0.3, 0.4) is 0 Å². The van der Waals surface area contributed by atoms with Crippen LogP contribution in [0.1, 0.15) is 26.2 Å². The van der Waals surface area contributed by atoms with E-state index in [4.69, 9.17) is 5.11 Å². The number of ether oxygens (including phenoxy) is 1. The van der Waals surface area contributed by atoms with Gasteiger partial charge in [-0.2, -0.15) is 0 Å². The van der Waals surface area contributed by atoms with Crippen molar-refractivity contribution >= 4 is 12.1 Å². The van der Waals surface area contributed by atoms with Gasteiger partial charge in [0.25, 0.3) is 0 Å². The second kappa shape index (κ2) is 5.00. The second-order valence-corrected chi connectivity index (χ2v) is 3.79. The van der Waals surface area contributed by atoms with Gasteiger partial charge in [0.1, 0.15) is 0 Å². The van der Waals surface area contributed by atoms with Crippen LogP contribution in [-0.4, -0.2) is 41.8 Å². The predicted molar refractivity (Wildman–Crippen MR) is 53.5 cm³/mol. The van der Waals surface area contributed by atoms with E-state index >= 15 is 0 Å². The van der Waals surface area contributed by atoms with Crippen molar-refractivity contribution in [2.75, 3.05) is 13.7 Å². The Morgan fingerprint density at radius 2 is 2.13 bits per heavy atom. The van der Waals surface area contributed by atoms with Gasteiger partial charge in [-0.05, 0) is 19.3 Å². The first-order valence-electron chi connectivity index (χ1n) is 5.17. The van der Waals surface area contributed by atoms with Gasteiger partial charge in [0.15, 0.2) is 0 Å². The maximum Gasteiger partial charge on any atom is 0.407 e. The van der Waals surface area contributed by atoms with E-state index in [1.54, 1.807) is 0 Å². The third-order valence-electron chi connectivity index (χ3n) is 2.96. The molecule has 15 heavy (non-hydrogen) atoms. The molecule has 1 heterocycles. The Morgan fingerprint density at radius 3 is 2.60 bits per heavy atom. The molecule has 86 valence electrons. The number of likely N-dealkylation sites (tertiary alicyclic amines) is 1. The fraction of sp³-hybridized carbons (Fsp3) is 0.800. The molecule has 1 rings (SSSR count). The van der Waals surface area contributed by atoms with Gasteiger partial charge in [0.2, 0.25) is 0 Å². The average molecular weight is 215 g/mol. The molecular formula is C10H17NO4. The van der Waals surface area contributed by atoms with Crippen LogP contribution in [0.4, 0.5) is 4.79 Å². The molecule has 0 spiro atoms. The number of amides is 1. The molecule has 1 N–H and O–H groups in total. The van der Waals surface area contributed by atoms with Gasteiger partial charge >= 0.3 is 12.1 Å². The molecule has 0 aromatic heterocycles. The first-order valence-corrected chi connectivity index (χ1v) is 5.17. The molecule has 1 saturated heterocycles. The summed E-state index contributed by atoms with van der Waals surface area (Å²) < 4.78 is 4.63. The number of piperidine rings is 1. The third kappa shape index (κ3) is 2.61. The highest BCUT2D eigenvalue weighted by atomic mass is 16.5. The summed E-state index contributed by atoms with van der Waals surface area (Å²) >= 11 is 0. The van der Waals surface area contributed by atoms with Crippen molar-refractivity contribution in [3.05, 3.63) is 0 Å². The lowest BCUT2D eigenvalue weighted by Crippen LogP contribution is -2.48. The van der Waals surface area contributed by atoms with Crippen molar-refractivity contribution in [1.82, 2.24) is 4.90 Å². The molecule has 0 aliphatic carbocycles.